The van der Waals surface area contributed by atoms with Gasteiger partial charge in [-0.15, -0.1) is 0 Å². The van der Waals surface area contributed by atoms with Gasteiger partial charge in [0.25, 0.3) is 0 Å². The molecule has 1 amide bonds. The Labute approximate surface area is 449 Å². The van der Waals surface area contributed by atoms with E-state index in [2.05, 4.69) is 43.5 Å². The zero-order chi connectivity index (χ0) is 52.2. The fourth-order valence-electron chi connectivity index (χ4n) is 9.91. The van der Waals surface area contributed by atoms with Crippen LogP contribution in [-0.4, -0.2) is 47.4 Å². The van der Waals surface area contributed by atoms with E-state index in [1.807, 2.05) is 6.08 Å². The summed E-state index contributed by atoms with van der Waals surface area (Å²) in [4.78, 5) is 24.5. The van der Waals surface area contributed by atoms with Crippen molar-refractivity contribution in [2.24, 2.45) is 0 Å². The molecule has 0 fully saturated rings. The number of esters is 1. The van der Waals surface area contributed by atoms with Gasteiger partial charge in [0.15, 0.2) is 0 Å². The number of nitrogens with one attached hydrogen (secondary N) is 1. The van der Waals surface area contributed by atoms with Crippen LogP contribution in [0.3, 0.4) is 0 Å². The molecule has 0 aliphatic heterocycles. The molecule has 0 heterocycles. The second kappa shape index (κ2) is 61.6. The molecule has 0 bridgehead atoms. The Morgan fingerprint density at radius 2 is 0.667 bits per heavy atom. The summed E-state index contributed by atoms with van der Waals surface area (Å²) < 4.78 is 5.46. The van der Waals surface area contributed by atoms with Crippen LogP contribution in [0.5, 0.6) is 0 Å². The first-order valence-corrected chi connectivity index (χ1v) is 32.3. The van der Waals surface area contributed by atoms with Gasteiger partial charge in [-0.25, -0.2) is 0 Å². The average molecular weight is 1010 g/mol. The number of aliphatic hydroxyl groups excluding tert-OH is 2. The number of allylic oxidation sites excluding steroid dienone is 5. The maximum Gasteiger partial charge on any atom is 0.305 e. The lowest BCUT2D eigenvalue weighted by Gasteiger charge is -2.20. The highest BCUT2D eigenvalue weighted by Crippen LogP contribution is 2.17. The minimum Gasteiger partial charge on any atom is -0.466 e. The maximum atomic E-state index is 12.5. The van der Waals surface area contributed by atoms with Gasteiger partial charge in [0.05, 0.1) is 25.4 Å². The van der Waals surface area contributed by atoms with E-state index in [9.17, 15) is 19.8 Å². The summed E-state index contributed by atoms with van der Waals surface area (Å²) in [5, 5.41) is 23.2. The summed E-state index contributed by atoms with van der Waals surface area (Å²) in [6, 6.07) is -0.634. The van der Waals surface area contributed by atoms with E-state index < -0.39 is 12.1 Å². The zero-order valence-electron chi connectivity index (χ0n) is 48.4. The number of amides is 1. The molecule has 2 atom stereocenters. The number of aliphatic hydroxyl groups is 2. The predicted octanol–water partition coefficient (Wildman–Crippen LogP) is 20.4. The van der Waals surface area contributed by atoms with Crippen molar-refractivity contribution in [2.45, 2.75) is 360 Å². The van der Waals surface area contributed by atoms with Crippen molar-refractivity contribution >= 4 is 11.9 Å². The smallest absolute Gasteiger partial charge is 0.305 e. The van der Waals surface area contributed by atoms with Crippen LogP contribution < -0.4 is 5.32 Å². The van der Waals surface area contributed by atoms with Gasteiger partial charge in [-0.05, 0) is 77.0 Å². The first-order valence-electron chi connectivity index (χ1n) is 32.3. The molecule has 0 aromatic carbocycles. The van der Waals surface area contributed by atoms with Crippen molar-refractivity contribution in [1.82, 2.24) is 5.32 Å². The maximum absolute atomic E-state index is 12.5. The van der Waals surface area contributed by atoms with Crippen molar-refractivity contribution in [2.75, 3.05) is 13.2 Å². The lowest BCUT2D eigenvalue weighted by Crippen LogP contribution is -2.45. The largest absolute Gasteiger partial charge is 0.466 e. The Morgan fingerprint density at radius 3 is 1.03 bits per heavy atom. The van der Waals surface area contributed by atoms with Gasteiger partial charge in [-0.1, -0.05) is 294 Å². The average Bonchev–Trinajstić information content (AvgIpc) is 3.38. The quantitative estimate of drug-likeness (QED) is 0.0320. The molecule has 0 rings (SSSR count). The minimum atomic E-state index is -0.850. The number of carbonyl (C=O) groups excluding carboxylic acids is 2. The summed E-state index contributed by atoms with van der Waals surface area (Å²) in [5.41, 5.74) is 0. The molecule has 0 saturated carbocycles. The van der Waals surface area contributed by atoms with Gasteiger partial charge in [-0.3, -0.25) is 9.59 Å². The van der Waals surface area contributed by atoms with Crippen LogP contribution >= 0.6 is 0 Å². The van der Waals surface area contributed by atoms with Crippen LogP contribution in [0, 0.1) is 0 Å². The number of rotatable bonds is 60. The van der Waals surface area contributed by atoms with E-state index in [1.165, 1.54) is 270 Å². The van der Waals surface area contributed by atoms with Crippen LogP contribution in [0.15, 0.2) is 36.5 Å². The molecule has 72 heavy (non-hydrogen) atoms. The Bertz CT molecular complexity index is 1170. The standard InChI is InChI=1S/C66H125NO5/c1-3-5-7-9-11-13-15-16-17-18-19-20-23-26-29-32-35-39-42-46-50-54-58-64(69)63(62-68)67-65(70)59-55-51-47-43-40-36-33-30-27-24-21-22-25-28-31-34-37-41-45-49-53-57-61-72-66(71)60-56-52-48-44-38-14-12-10-8-6-4-2/h10,12,24,27,54,58,63-64,68-69H,3-9,11,13-23,25-26,28-53,55-57,59-62H2,1-2H3,(H,67,70)/b12-10-,27-24-,58-54+. The third-order valence-electron chi connectivity index (χ3n) is 14.9. The highest BCUT2D eigenvalue weighted by molar-refractivity contribution is 5.76. The van der Waals surface area contributed by atoms with E-state index in [-0.39, 0.29) is 18.5 Å². The van der Waals surface area contributed by atoms with E-state index in [4.69, 9.17) is 4.74 Å². The van der Waals surface area contributed by atoms with Crippen molar-refractivity contribution in [3.63, 3.8) is 0 Å². The molecule has 6 nitrogen and oxygen atoms in total. The highest BCUT2D eigenvalue weighted by Gasteiger charge is 2.18. The Kier molecular flexibility index (Phi) is 60.0. The van der Waals surface area contributed by atoms with Gasteiger partial charge < -0.3 is 20.3 Å². The Morgan fingerprint density at radius 1 is 0.375 bits per heavy atom. The molecular formula is C66H125NO5. The highest BCUT2D eigenvalue weighted by atomic mass is 16.5. The summed E-state index contributed by atoms with van der Waals surface area (Å²) >= 11 is 0. The molecule has 0 aromatic rings. The summed E-state index contributed by atoms with van der Waals surface area (Å²) in [5.74, 6) is -0.0738. The molecule has 0 aromatic heterocycles. The van der Waals surface area contributed by atoms with Crippen molar-refractivity contribution < 1.29 is 24.5 Å². The van der Waals surface area contributed by atoms with Gasteiger partial charge in [0.2, 0.25) is 5.91 Å². The molecule has 0 spiro atoms. The number of hydrogen-bond acceptors (Lipinski definition) is 5. The Balaban J connectivity index is 3.46. The van der Waals surface area contributed by atoms with E-state index in [0.29, 0.717) is 19.4 Å². The molecule has 3 N–H and O–H groups in total. The number of ether oxygens (including phenoxy) is 1. The van der Waals surface area contributed by atoms with E-state index in [1.54, 1.807) is 6.08 Å². The number of unbranched alkanes of at least 4 members (excludes halogenated alkanes) is 45. The first kappa shape index (κ1) is 70.1. The molecule has 0 aliphatic carbocycles. The molecule has 2 unspecified atom stereocenters. The minimum absolute atomic E-state index is 0.00158. The molecule has 6 heteroatoms. The van der Waals surface area contributed by atoms with Crippen LogP contribution in [-0.2, 0) is 14.3 Å². The Hall–Kier alpha value is -1.92. The fourth-order valence-corrected chi connectivity index (χ4v) is 9.91. The van der Waals surface area contributed by atoms with Crippen molar-refractivity contribution in [3.8, 4) is 0 Å². The normalized spacial score (nSPS) is 12.8. The molecule has 0 aliphatic rings. The monoisotopic (exact) mass is 1010 g/mol. The fraction of sp³-hybridized carbons (Fsp3) is 0.879. The third kappa shape index (κ3) is 57.4. The molecule has 0 radical (unpaired) electrons. The van der Waals surface area contributed by atoms with Crippen molar-refractivity contribution in [3.05, 3.63) is 36.5 Å². The molecular weight excluding hydrogens is 887 g/mol. The molecule has 0 saturated heterocycles. The third-order valence-corrected chi connectivity index (χ3v) is 14.9. The van der Waals surface area contributed by atoms with E-state index >= 15 is 0 Å². The number of carbonyl (C=O) groups is 2. The summed E-state index contributed by atoms with van der Waals surface area (Å²) in [7, 11) is 0. The van der Waals surface area contributed by atoms with Gasteiger partial charge >= 0.3 is 5.97 Å². The lowest BCUT2D eigenvalue weighted by atomic mass is 10.0. The summed E-state index contributed by atoms with van der Waals surface area (Å²) in [6.07, 6.45) is 77.7. The zero-order valence-corrected chi connectivity index (χ0v) is 48.4. The van der Waals surface area contributed by atoms with Crippen LogP contribution in [0.2, 0.25) is 0 Å². The van der Waals surface area contributed by atoms with Crippen molar-refractivity contribution in [1.29, 1.82) is 0 Å². The van der Waals surface area contributed by atoms with Gasteiger partial charge in [-0.2, -0.15) is 0 Å². The summed E-state index contributed by atoms with van der Waals surface area (Å²) in [6.45, 7) is 4.88. The first-order chi connectivity index (χ1) is 35.5. The van der Waals surface area contributed by atoms with Gasteiger partial charge in [0, 0.05) is 12.8 Å². The lowest BCUT2D eigenvalue weighted by molar-refractivity contribution is -0.143. The second-order valence-electron chi connectivity index (χ2n) is 22.1. The van der Waals surface area contributed by atoms with Crippen LogP contribution in [0.25, 0.3) is 0 Å². The van der Waals surface area contributed by atoms with Crippen LogP contribution in [0.4, 0.5) is 0 Å². The van der Waals surface area contributed by atoms with Gasteiger partial charge in [0.1, 0.15) is 0 Å². The van der Waals surface area contributed by atoms with Crippen LogP contribution in [0.1, 0.15) is 348 Å². The molecule has 424 valence electrons. The SMILES string of the molecule is CCCC/C=C\CCCCCCCC(=O)OCCCCCCCCCCCCC/C=C\CCCCCCCCCC(=O)NC(CO)C(O)/C=C/CCCCCCCCCCCCCCCCCCCCCC. The van der Waals surface area contributed by atoms with E-state index in [0.717, 1.165) is 51.4 Å². The second-order valence-corrected chi connectivity index (χ2v) is 22.1. The number of hydrogen-bond donors (Lipinski definition) is 3. The topological polar surface area (TPSA) is 95.9 Å². The predicted molar refractivity (Wildman–Crippen MR) is 315 cm³/mol.